The van der Waals surface area contributed by atoms with Gasteiger partial charge in [-0.2, -0.15) is 4.98 Å². The molecule has 1 aliphatic heterocycles. The minimum atomic E-state index is 0.0434. The van der Waals surface area contributed by atoms with Gasteiger partial charge in [0, 0.05) is 31.0 Å². The number of carbonyl (C=O) groups excluding carboxylic acids is 1. The predicted octanol–water partition coefficient (Wildman–Crippen LogP) is 3.40. The van der Waals surface area contributed by atoms with Crippen LogP contribution in [0.3, 0.4) is 0 Å². The summed E-state index contributed by atoms with van der Waals surface area (Å²) in [5.74, 6) is 1.66. The van der Waals surface area contributed by atoms with Crippen molar-refractivity contribution in [2.75, 3.05) is 19.6 Å². The molecule has 1 saturated heterocycles. The maximum Gasteiger partial charge on any atom is 0.317 e. The van der Waals surface area contributed by atoms with E-state index in [0.717, 1.165) is 32.4 Å². The number of carbonyl (C=O) groups is 1. The first kappa shape index (κ1) is 17.0. The van der Waals surface area contributed by atoms with E-state index >= 15 is 0 Å². The highest BCUT2D eigenvalue weighted by Gasteiger charge is 2.29. The smallest absolute Gasteiger partial charge is 0.317 e. The summed E-state index contributed by atoms with van der Waals surface area (Å²) >= 11 is 0. The van der Waals surface area contributed by atoms with Crippen LogP contribution in [0, 0.1) is 12.3 Å². The maximum absolute atomic E-state index is 12.5. The Labute approximate surface area is 143 Å². The number of rotatable bonds is 4. The van der Waals surface area contributed by atoms with Crippen molar-refractivity contribution >= 4 is 6.03 Å². The molecule has 3 rings (SSSR count). The lowest BCUT2D eigenvalue weighted by Gasteiger charge is -2.33. The van der Waals surface area contributed by atoms with E-state index in [-0.39, 0.29) is 17.4 Å². The van der Waals surface area contributed by atoms with Gasteiger partial charge in [-0.3, -0.25) is 0 Å². The van der Waals surface area contributed by atoms with Crippen LogP contribution in [0.2, 0.25) is 0 Å². The van der Waals surface area contributed by atoms with Crippen LogP contribution < -0.4 is 5.32 Å². The molecule has 6 heteroatoms. The van der Waals surface area contributed by atoms with Crippen molar-refractivity contribution in [1.29, 1.82) is 0 Å². The first-order chi connectivity index (χ1) is 11.5. The molecule has 0 unspecified atom stereocenters. The highest BCUT2D eigenvalue weighted by molar-refractivity contribution is 5.74. The number of likely N-dealkylation sites (tertiary alicyclic amines) is 1. The fourth-order valence-electron chi connectivity index (χ4n) is 3.62. The molecule has 0 spiro atoms. The Morgan fingerprint density at radius 1 is 1.42 bits per heavy atom. The molecular formula is C18H28N4O2. The Balaban J connectivity index is 1.47. The van der Waals surface area contributed by atoms with E-state index in [9.17, 15) is 4.79 Å². The van der Waals surface area contributed by atoms with Crippen molar-refractivity contribution in [3.05, 3.63) is 23.4 Å². The molecule has 1 fully saturated rings. The number of amides is 2. The summed E-state index contributed by atoms with van der Waals surface area (Å²) in [6.07, 6.45) is 7.68. The van der Waals surface area contributed by atoms with E-state index in [4.69, 9.17) is 4.52 Å². The summed E-state index contributed by atoms with van der Waals surface area (Å²) in [6, 6.07) is 0.0434. The largest absolute Gasteiger partial charge is 0.339 e. The van der Waals surface area contributed by atoms with E-state index in [1.165, 1.54) is 18.4 Å². The number of piperidine rings is 1. The fraction of sp³-hybridized carbons (Fsp3) is 0.722. The highest BCUT2D eigenvalue weighted by atomic mass is 16.5. The van der Waals surface area contributed by atoms with Crippen LogP contribution >= 0.6 is 0 Å². The Bertz CT molecular complexity index is 612. The van der Waals surface area contributed by atoms with Crippen molar-refractivity contribution in [3.8, 4) is 0 Å². The van der Waals surface area contributed by atoms with E-state index < -0.39 is 0 Å². The third kappa shape index (κ3) is 3.79. The van der Waals surface area contributed by atoms with E-state index in [2.05, 4.69) is 35.4 Å². The summed E-state index contributed by atoms with van der Waals surface area (Å²) < 4.78 is 5.26. The van der Waals surface area contributed by atoms with Gasteiger partial charge in [0.15, 0.2) is 5.82 Å². The van der Waals surface area contributed by atoms with E-state index in [0.29, 0.717) is 18.3 Å². The summed E-state index contributed by atoms with van der Waals surface area (Å²) in [4.78, 5) is 18.7. The Hall–Kier alpha value is -1.85. The number of nitrogens with zero attached hydrogens (tertiary/aromatic N) is 3. The maximum atomic E-state index is 12.5. The van der Waals surface area contributed by atoms with Crippen molar-refractivity contribution in [1.82, 2.24) is 20.4 Å². The van der Waals surface area contributed by atoms with Gasteiger partial charge in [0.1, 0.15) is 0 Å². The van der Waals surface area contributed by atoms with E-state index in [1.807, 2.05) is 11.8 Å². The van der Waals surface area contributed by atoms with Gasteiger partial charge in [-0.1, -0.05) is 30.7 Å². The second-order valence-corrected chi connectivity index (χ2v) is 7.61. The van der Waals surface area contributed by atoms with Gasteiger partial charge >= 0.3 is 6.03 Å². The average Bonchev–Trinajstić information content (AvgIpc) is 3.25. The first-order valence-corrected chi connectivity index (χ1v) is 8.98. The van der Waals surface area contributed by atoms with Gasteiger partial charge in [-0.15, -0.1) is 0 Å². The molecule has 0 bridgehead atoms. The third-order valence-electron chi connectivity index (χ3n) is 5.27. The van der Waals surface area contributed by atoms with Crippen LogP contribution in [0.15, 0.2) is 16.2 Å². The lowest BCUT2D eigenvalue weighted by atomic mass is 9.83. The molecule has 0 aromatic carbocycles. The Kier molecular flexibility index (Phi) is 4.92. The van der Waals surface area contributed by atoms with Gasteiger partial charge < -0.3 is 14.7 Å². The molecule has 132 valence electrons. The molecule has 0 saturated carbocycles. The van der Waals surface area contributed by atoms with Crippen molar-refractivity contribution in [2.45, 2.75) is 58.8 Å². The van der Waals surface area contributed by atoms with Gasteiger partial charge in [-0.25, -0.2) is 4.79 Å². The standard InChI is InChI=1S/C18H28N4O2/c1-13-20-16(24-21-13)14-8-10-22(11-9-14)17(23)19-12-18(2,3)15-6-4-5-7-15/h6,14H,4-5,7-12H2,1-3H3,(H,19,23). The average molecular weight is 332 g/mol. The molecule has 1 aromatic heterocycles. The summed E-state index contributed by atoms with van der Waals surface area (Å²) in [6.45, 7) is 8.43. The van der Waals surface area contributed by atoms with Crippen LogP contribution in [0.4, 0.5) is 4.79 Å². The lowest BCUT2D eigenvalue weighted by Crippen LogP contribution is -2.46. The topological polar surface area (TPSA) is 71.3 Å². The Morgan fingerprint density at radius 3 is 2.75 bits per heavy atom. The number of nitrogens with one attached hydrogen (secondary N) is 1. The van der Waals surface area contributed by atoms with Crippen molar-refractivity contribution in [3.63, 3.8) is 0 Å². The van der Waals surface area contributed by atoms with Gasteiger partial charge in [0.25, 0.3) is 0 Å². The van der Waals surface area contributed by atoms with Gasteiger partial charge in [-0.05, 0) is 39.0 Å². The minimum Gasteiger partial charge on any atom is -0.339 e. The molecule has 0 atom stereocenters. The molecular weight excluding hydrogens is 304 g/mol. The van der Waals surface area contributed by atoms with Crippen molar-refractivity contribution in [2.24, 2.45) is 5.41 Å². The second kappa shape index (κ2) is 6.95. The van der Waals surface area contributed by atoms with Crippen LogP contribution in [0.25, 0.3) is 0 Å². The molecule has 6 nitrogen and oxygen atoms in total. The third-order valence-corrected chi connectivity index (χ3v) is 5.27. The SMILES string of the molecule is Cc1noc(C2CCN(C(=O)NCC(C)(C)C3=CCCC3)CC2)n1. The van der Waals surface area contributed by atoms with Gasteiger partial charge in [0.2, 0.25) is 5.89 Å². The zero-order valence-corrected chi connectivity index (χ0v) is 15.0. The fourth-order valence-corrected chi connectivity index (χ4v) is 3.62. The number of hydrogen-bond acceptors (Lipinski definition) is 4. The second-order valence-electron chi connectivity index (χ2n) is 7.61. The number of allylic oxidation sites excluding steroid dienone is 1. The first-order valence-electron chi connectivity index (χ1n) is 8.98. The van der Waals surface area contributed by atoms with Crippen LogP contribution in [0.1, 0.15) is 63.6 Å². The molecule has 2 aliphatic rings. The summed E-state index contributed by atoms with van der Waals surface area (Å²) in [5, 5.41) is 6.98. The molecule has 1 aliphatic carbocycles. The number of aromatic nitrogens is 2. The molecule has 2 amide bonds. The Morgan fingerprint density at radius 2 is 2.17 bits per heavy atom. The molecule has 24 heavy (non-hydrogen) atoms. The van der Waals surface area contributed by atoms with Gasteiger partial charge in [0.05, 0.1) is 0 Å². The number of urea groups is 1. The quantitative estimate of drug-likeness (QED) is 0.858. The van der Waals surface area contributed by atoms with Crippen LogP contribution in [-0.4, -0.2) is 40.7 Å². The van der Waals surface area contributed by atoms with Crippen LogP contribution in [-0.2, 0) is 0 Å². The predicted molar refractivity (Wildman–Crippen MR) is 91.7 cm³/mol. The molecule has 1 N–H and O–H groups in total. The molecule has 2 heterocycles. The normalized spacial score (nSPS) is 19.5. The highest BCUT2D eigenvalue weighted by Crippen LogP contribution is 2.34. The molecule has 1 aromatic rings. The minimum absolute atomic E-state index is 0.0434. The molecule has 0 radical (unpaired) electrons. The lowest BCUT2D eigenvalue weighted by molar-refractivity contribution is 0.172. The number of hydrogen-bond donors (Lipinski definition) is 1. The number of aryl methyl sites for hydroxylation is 1. The summed E-state index contributed by atoms with van der Waals surface area (Å²) in [5.41, 5.74) is 1.53. The summed E-state index contributed by atoms with van der Waals surface area (Å²) in [7, 11) is 0. The van der Waals surface area contributed by atoms with E-state index in [1.54, 1.807) is 0 Å². The van der Waals surface area contributed by atoms with Crippen LogP contribution in [0.5, 0.6) is 0 Å². The zero-order valence-electron chi connectivity index (χ0n) is 15.0. The monoisotopic (exact) mass is 332 g/mol. The van der Waals surface area contributed by atoms with Crippen molar-refractivity contribution < 1.29 is 9.32 Å². The zero-order chi connectivity index (χ0) is 17.2.